The van der Waals surface area contributed by atoms with Crippen molar-refractivity contribution in [3.63, 3.8) is 0 Å². The van der Waals surface area contributed by atoms with E-state index in [-0.39, 0.29) is 10.8 Å². The minimum absolute atomic E-state index is 0.121. The fourth-order valence-electron chi connectivity index (χ4n) is 12.7. The van der Waals surface area contributed by atoms with Crippen molar-refractivity contribution < 1.29 is 26.3 Å². The predicted octanol–water partition coefficient (Wildman–Crippen LogP) is 21.2. The lowest BCUT2D eigenvalue weighted by Crippen LogP contribution is -2.26. The SMILES string of the molecule is CC(C)(C)c1ccc(C(=Cc2ccc3c(c2)C2(c4ccccc4-c4cc5c6ccccc6c6ccccc6c5cc42)c2cc(N(c4ccc(C(C)(C)C)cc4)c4ccc(C(F)(F)F)cc4)ccc2-3)c2ccc(C(F)(F)F)cc2)cc1. The van der Waals surface area contributed by atoms with Crippen molar-refractivity contribution in [3.05, 3.63) is 280 Å². The van der Waals surface area contributed by atoms with Gasteiger partial charge in [-0.3, -0.25) is 0 Å². The molecule has 11 aromatic carbocycles. The van der Waals surface area contributed by atoms with Crippen LogP contribution in [0.5, 0.6) is 0 Å². The Hall–Kier alpha value is -8.68. The molecule has 0 radical (unpaired) electrons. The summed E-state index contributed by atoms with van der Waals surface area (Å²) in [5.74, 6) is 0. The maximum atomic E-state index is 14.2. The number of rotatable bonds is 6. The van der Waals surface area contributed by atoms with Crippen molar-refractivity contribution in [2.75, 3.05) is 4.90 Å². The Kier molecular flexibility index (Phi) is 11.5. The molecule has 2 aliphatic carbocycles. The van der Waals surface area contributed by atoms with Gasteiger partial charge in [0.1, 0.15) is 0 Å². The Labute approximate surface area is 462 Å². The van der Waals surface area contributed by atoms with E-state index in [1.165, 1.54) is 5.39 Å². The number of alkyl halides is 6. The molecular formula is C73H55F6N. The summed E-state index contributed by atoms with van der Waals surface area (Å²) in [5.41, 5.74) is 13.4. The maximum absolute atomic E-state index is 14.2. The number of halogens is 6. The summed E-state index contributed by atoms with van der Waals surface area (Å²) < 4.78 is 84.8. The highest BCUT2D eigenvalue weighted by atomic mass is 19.4. The number of nitrogens with zero attached hydrogens (tertiary/aromatic N) is 1. The van der Waals surface area contributed by atoms with E-state index in [1.54, 1.807) is 24.3 Å². The summed E-state index contributed by atoms with van der Waals surface area (Å²) in [6, 6.07) is 70.9. The first-order valence-corrected chi connectivity index (χ1v) is 27.0. The molecule has 11 aromatic rings. The van der Waals surface area contributed by atoms with E-state index in [4.69, 9.17) is 0 Å². The molecule has 394 valence electrons. The van der Waals surface area contributed by atoms with Crippen LogP contribution < -0.4 is 4.90 Å². The van der Waals surface area contributed by atoms with E-state index in [2.05, 4.69) is 205 Å². The summed E-state index contributed by atoms with van der Waals surface area (Å²) in [6.07, 6.45) is -6.92. The lowest BCUT2D eigenvalue weighted by Gasteiger charge is -2.33. The van der Waals surface area contributed by atoms with Crippen LogP contribution in [0.3, 0.4) is 0 Å². The summed E-state index contributed by atoms with van der Waals surface area (Å²) in [6.45, 7) is 12.9. The van der Waals surface area contributed by atoms with Crippen LogP contribution in [-0.4, -0.2) is 0 Å². The molecule has 1 atom stereocenters. The summed E-state index contributed by atoms with van der Waals surface area (Å²) in [5, 5.41) is 6.86. The smallest absolute Gasteiger partial charge is 0.310 e. The molecule has 0 saturated carbocycles. The van der Waals surface area contributed by atoms with E-state index in [0.717, 1.165) is 135 Å². The van der Waals surface area contributed by atoms with Gasteiger partial charge in [0.15, 0.2) is 0 Å². The number of benzene rings is 11. The first-order valence-electron chi connectivity index (χ1n) is 27.0. The maximum Gasteiger partial charge on any atom is 0.416 e. The first-order chi connectivity index (χ1) is 38.2. The molecule has 2 aliphatic rings. The van der Waals surface area contributed by atoms with Gasteiger partial charge in [0.25, 0.3) is 0 Å². The average molecular weight is 1060 g/mol. The van der Waals surface area contributed by atoms with Crippen molar-refractivity contribution in [1.82, 2.24) is 0 Å². The lowest BCUT2D eigenvalue weighted by atomic mass is 9.70. The second kappa shape index (κ2) is 18.2. The van der Waals surface area contributed by atoms with Gasteiger partial charge in [-0.1, -0.05) is 181 Å². The number of hydrogen-bond donors (Lipinski definition) is 0. The molecule has 1 nitrogen and oxygen atoms in total. The fraction of sp³-hybridized carbons (Fsp3) is 0.151. The normalized spacial score (nSPS) is 15.1. The largest absolute Gasteiger partial charge is 0.416 e. The topological polar surface area (TPSA) is 3.24 Å². The monoisotopic (exact) mass is 1060 g/mol. The molecule has 0 heterocycles. The van der Waals surface area contributed by atoms with Crippen LogP contribution >= 0.6 is 0 Å². The van der Waals surface area contributed by atoms with E-state index in [1.807, 2.05) is 17.0 Å². The first kappa shape index (κ1) is 50.8. The second-order valence-electron chi connectivity index (χ2n) is 23.5. The Balaban J connectivity index is 1.10. The van der Waals surface area contributed by atoms with Gasteiger partial charge in [-0.25, -0.2) is 0 Å². The molecule has 0 fully saturated rings. The quantitative estimate of drug-likeness (QED) is 0.0911. The van der Waals surface area contributed by atoms with Crippen molar-refractivity contribution in [2.45, 2.75) is 70.1 Å². The van der Waals surface area contributed by atoms with Crippen LogP contribution in [0.15, 0.2) is 218 Å². The number of fused-ring (bicyclic) bond motifs is 16. The molecule has 0 N–H and O–H groups in total. The number of hydrogen-bond acceptors (Lipinski definition) is 1. The van der Waals surface area contributed by atoms with Gasteiger partial charge in [-0.15, -0.1) is 0 Å². The van der Waals surface area contributed by atoms with Gasteiger partial charge < -0.3 is 4.90 Å². The fourth-order valence-corrected chi connectivity index (χ4v) is 12.7. The van der Waals surface area contributed by atoms with Crippen LogP contribution in [0.4, 0.5) is 43.4 Å². The molecule has 1 unspecified atom stereocenters. The molecule has 0 amide bonds. The Morgan fingerprint density at radius 3 is 1.24 bits per heavy atom. The zero-order valence-corrected chi connectivity index (χ0v) is 45.1. The molecule has 7 heteroatoms. The van der Waals surface area contributed by atoms with E-state index in [9.17, 15) is 26.3 Å². The van der Waals surface area contributed by atoms with Gasteiger partial charge in [-0.2, -0.15) is 26.3 Å². The van der Waals surface area contributed by atoms with Crippen LogP contribution in [0.1, 0.15) is 103 Å². The van der Waals surface area contributed by atoms with Gasteiger partial charge in [0.05, 0.1) is 16.5 Å². The van der Waals surface area contributed by atoms with E-state index >= 15 is 0 Å². The van der Waals surface area contributed by atoms with Crippen LogP contribution in [-0.2, 0) is 28.6 Å². The van der Waals surface area contributed by atoms with Crippen molar-refractivity contribution in [1.29, 1.82) is 0 Å². The third kappa shape index (κ3) is 8.23. The molecule has 80 heavy (non-hydrogen) atoms. The summed E-state index contributed by atoms with van der Waals surface area (Å²) in [4.78, 5) is 2.04. The zero-order chi connectivity index (χ0) is 55.7. The van der Waals surface area contributed by atoms with Crippen LogP contribution in [0, 0.1) is 0 Å². The molecule has 1 spiro atoms. The molecule has 0 saturated heterocycles. The lowest BCUT2D eigenvalue weighted by molar-refractivity contribution is -0.138. The van der Waals surface area contributed by atoms with Crippen molar-refractivity contribution >= 4 is 61.0 Å². The van der Waals surface area contributed by atoms with Crippen LogP contribution in [0.25, 0.3) is 66.2 Å². The molecule has 13 rings (SSSR count). The van der Waals surface area contributed by atoms with E-state index in [0.29, 0.717) is 11.3 Å². The van der Waals surface area contributed by atoms with Crippen molar-refractivity contribution in [3.8, 4) is 22.3 Å². The highest BCUT2D eigenvalue weighted by Gasteiger charge is 2.52. The van der Waals surface area contributed by atoms with Crippen LogP contribution in [0.2, 0.25) is 0 Å². The molecule has 0 aromatic heterocycles. The molecule has 0 bridgehead atoms. The minimum atomic E-state index is -4.52. The van der Waals surface area contributed by atoms with Gasteiger partial charge in [0, 0.05) is 17.1 Å². The third-order valence-electron chi connectivity index (χ3n) is 16.7. The van der Waals surface area contributed by atoms with Gasteiger partial charge >= 0.3 is 12.4 Å². The van der Waals surface area contributed by atoms with E-state index < -0.39 is 28.9 Å². The Bertz CT molecular complexity index is 4190. The average Bonchev–Trinajstić information content (AvgIpc) is 3.96. The van der Waals surface area contributed by atoms with Gasteiger partial charge in [-0.05, 0) is 206 Å². The third-order valence-corrected chi connectivity index (χ3v) is 16.7. The highest BCUT2D eigenvalue weighted by molar-refractivity contribution is 6.26. The summed E-state index contributed by atoms with van der Waals surface area (Å²) >= 11 is 0. The Morgan fingerprint density at radius 2 is 0.725 bits per heavy atom. The number of anilines is 3. The molecular weight excluding hydrogens is 1000 g/mol. The highest BCUT2D eigenvalue weighted by Crippen LogP contribution is 2.64. The second-order valence-corrected chi connectivity index (χ2v) is 23.5. The van der Waals surface area contributed by atoms with Crippen molar-refractivity contribution in [2.24, 2.45) is 0 Å². The zero-order valence-electron chi connectivity index (χ0n) is 45.1. The Morgan fingerprint density at radius 1 is 0.338 bits per heavy atom. The standard InChI is InChI=1S/C73H55F6N/c1-69(2,3)47-24-20-45(21-25-47)61(46-22-26-49(27-23-46)72(74,75)76)39-44-19-37-59-60-38-36-53(80(51-32-28-48(29-33-51)70(4,5)6)52-34-30-50(31-35-52)73(77,78)79)41-67(60)71(66(59)40-44)65-18-12-11-17-58(65)64-42-62-56-15-9-7-13-54(56)55-14-8-10-16-57(55)63(62)43-68(64)71/h7-43H,1-6H3. The summed E-state index contributed by atoms with van der Waals surface area (Å²) in [7, 11) is 0. The minimum Gasteiger partial charge on any atom is -0.310 e. The molecule has 0 aliphatic heterocycles. The predicted molar refractivity (Wildman–Crippen MR) is 317 cm³/mol. The van der Waals surface area contributed by atoms with Gasteiger partial charge in [0.2, 0.25) is 0 Å².